The summed E-state index contributed by atoms with van der Waals surface area (Å²) < 4.78 is 2.00. The summed E-state index contributed by atoms with van der Waals surface area (Å²) in [6, 6.07) is -0.442. The van der Waals surface area contributed by atoms with Crippen molar-refractivity contribution in [3.63, 3.8) is 0 Å². The molecule has 0 saturated carbocycles. The monoisotopic (exact) mass is 280 g/mol. The van der Waals surface area contributed by atoms with Crippen LogP contribution < -0.4 is 10.6 Å². The minimum Gasteiger partial charge on any atom is -0.353 e. The first-order chi connectivity index (χ1) is 9.45. The average molecular weight is 280 g/mol. The molecule has 0 aliphatic carbocycles. The molecule has 0 aromatic carbocycles. The van der Waals surface area contributed by atoms with Crippen LogP contribution in [0, 0.1) is 13.8 Å². The van der Waals surface area contributed by atoms with E-state index in [4.69, 9.17) is 0 Å². The van der Waals surface area contributed by atoms with Crippen molar-refractivity contribution in [3.05, 3.63) is 17.7 Å². The summed E-state index contributed by atoms with van der Waals surface area (Å²) in [5, 5.41) is 5.53. The third-order valence-electron chi connectivity index (χ3n) is 3.27. The zero-order chi connectivity index (χ0) is 15.1. The van der Waals surface area contributed by atoms with Crippen LogP contribution in [0.3, 0.4) is 0 Å². The van der Waals surface area contributed by atoms with Crippen LogP contribution >= 0.6 is 0 Å². The Morgan fingerprint density at radius 2 is 2.10 bits per heavy atom. The van der Waals surface area contributed by atoms with Crippen molar-refractivity contribution in [2.75, 3.05) is 6.54 Å². The topological polar surface area (TPSA) is 76.0 Å². The summed E-state index contributed by atoms with van der Waals surface area (Å²) in [6.45, 7) is 8.57. The minimum absolute atomic E-state index is 0.128. The van der Waals surface area contributed by atoms with E-state index in [1.54, 1.807) is 6.33 Å². The third kappa shape index (κ3) is 4.68. The molecule has 1 heterocycles. The van der Waals surface area contributed by atoms with E-state index >= 15 is 0 Å². The molecule has 0 unspecified atom stereocenters. The van der Waals surface area contributed by atoms with Crippen molar-refractivity contribution in [3.8, 4) is 0 Å². The number of carbonyl (C=O) groups excluding carboxylic acids is 2. The van der Waals surface area contributed by atoms with E-state index in [1.165, 1.54) is 6.92 Å². The van der Waals surface area contributed by atoms with Crippen molar-refractivity contribution >= 4 is 11.8 Å². The number of rotatable bonds is 7. The summed E-state index contributed by atoms with van der Waals surface area (Å²) in [6.07, 6.45) is 3.26. The summed E-state index contributed by atoms with van der Waals surface area (Å²) in [4.78, 5) is 27.3. The molecule has 0 aliphatic heterocycles. The predicted octanol–water partition coefficient (Wildman–Crippen LogP) is 0.921. The highest BCUT2D eigenvalue weighted by atomic mass is 16.2. The minimum atomic E-state index is -0.442. The van der Waals surface area contributed by atoms with Gasteiger partial charge in [-0.05, 0) is 20.3 Å². The lowest BCUT2D eigenvalue weighted by atomic mass is 10.1. The normalized spacial score (nSPS) is 12.0. The van der Waals surface area contributed by atoms with Gasteiger partial charge in [-0.1, -0.05) is 13.3 Å². The fraction of sp³-hybridized carbons (Fsp3) is 0.643. The van der Waals surface area contributed by atoms with E-state index in [0.29, 0.717) is 19.5 Å². The van der Waals surface area contributed by atoms with Crippen LogP contribution in [-0.4, -0.2) is 34.0 Å². The average Bonchev–Trinajstić information content (AvgIpc) is 2.69. The second kappa shape index (κ2) is 7.67. The zero-order valence-electron chi connectivity index (χ0n) is 12.7. The fourth-order valence-corrected chi connectivity index (χ4v) is 2.00. The Morgan fingerprint density at radius 3 is 2.60 bits per heavy atom. The summed E-state index contributed by atoms with van der Waals surface area (Å²) in [5.41, 5.74) is 2.10. The molecular formula is C14H24N4O2. The Balaban J connectivity index is 2.44. The van der Waals surface area contributed by atoms with Crippen LogP contribution in [0.2, 0.25) is 0 Å². The lowest BCUT2D eigenvalue weighted by molar-refractivity contribution is -0.128. The maximum Gasteiger partial charge on any atom is 0.242 e. The van der Waals surface area contributed by atoms with E-state index < -0.39 is 6.04 Å². The Kier molecular flexibility index (Phi) is 6.21. The molecule has 1 rings (SSSR count). The van der Waals surface area contributed by atoms with Gasteiger partial charge in [-0.25, -0.2) is 4.98 Å². The molecule has 112 valence electrons. The molecule has 0 saturated heterocycles. The van der Waals surface area contributed by atoms with Gasteiger partial charge in [-0.2, -0.15) is 0 Å². The molecule has 1 aromatic rings. The molecule has 20 heavy (non-hydrogen) atoms. The predicted molar refractivity (Wildman–Crippen MR) is 77.2 cm³/mol. The van der Waals surface area contributed by atoms with Crippen LogP contribution in [0.25, 0.3) is 0 Å². The second-order valence-electron chi connectivity index (χ2n) is 4.94. The summed E-state index contributed by atoms with van der Waals surface area (Å²) >= 11 is 0. The smallest absolute Gasteiger partial charge is 0.242 e. The van der Waals surface area contributed by atoms with Crippen molar-refractivity contribution in [1.82, 2.24) is 20.2 Å². The van der Waals surface area contributed by atoms with Gasteiger partial charge in [0, 0.05) is 25.7 Å². The number of nitrogens with one attached hydrogen (secondary N) is 2. The van der Waals surface area contributed by atoms with E-state index in [2.05, 4.69) is 15.6 Å². The summed E-state index contributed by atoms with van der Waals surface area (Å²) in [5.74, 6) is -0.309. The molecule has 6 nitrogen and oxygen atoms in total. The molecule has 0 aliphatic rings. The first-order valence-electron chi connectivity index (χ1n) is 6.98. The number of aryl methyl sites for hydroxylation is 1. The highest BCUT2D eigenvalue weighted by Crippen LogP contribution is 2.03. The number of amides is 2. The van der Waals surface area contributed by atoms with Crippen molar-refractivity contribution < 1.29 is 9.59 Å². The van der Waals surface area contributed by atoms with Crippen LogP contribution in [0.15, 0.2) is 6.33 Å². The van der Waals surface area contributed by atoms with E-state index in [9.17, 15) is 9.59 Å². The molecule has 0 fully saturated rings. The number of hydrogen-bond donors (Lipinski definition) is 2. The van der Waals surface area contributed by atoms with Crippen molar-refractivity contribution in [2.24, 2.45) is 0 Å². The van der Waals surface area contributed by atoms with Gasteiger partial charge in [-0.15, -0.1) is 0 Å². The quantitative estimate of drug-likeness (QED) is 0.780. The highest BCUT2D eigenvalue weighted by molar-refractivity contribution is 5.86. The SMILES string of the molecule is CCC[C@H](NC(C)=O)C(=O)NCCn1cnc(C)c1C. The molecule has 0 spiro atoms. The van der Waals surface area contributed by atoms with E-state index in [1.807, 2.05) is 25.3 Å². The lowest BCUT2D eigenvalue weighted by Crippen LogP contribution is -2.46. The van der Waals surface area contributed by atoms with Crippen molar-refractivity contribution in [1.29, 1.82) is 0 Å². The third-order valence-corrected chi connectivity index (χ3v) is 3.27. The first-order valence-corrected chi connectivity index (χ1v) is 6.98. The maximum atomic E-state index is 12.0. The zero-order valence-corrected chi connectivity index (χ0v) is 12.7. The van der Waals surface area contributed by atoms with Gasteiger partial charge in [0.2, 0.25) is 11.8 Å². The number of aromatic nitrogens is 2. The Hall–Kier alpha value is -1.85. The number of carbonyl (C=O) groups is 2. The van der Waals surface area contributed by atoms with Gasteiger partial charge in [0.1, 0.15) is 6.04 Å². The number of nitrogens with zero attached hydrogens (tertiary/aromatic N) is 2. The van der Waals surface area contributed by atoms with Gasteiger partial charge in [-0.3, -0.25) is 9.59 Å². The second-order valence-corrected chi connectivity index (χ2v) is 4.94. The Bertz CT molecular complexity index is 468. The van der Waals surface area contributed by atoms with E-state index in [0.717, 1.165) is 17.8 Å². The van der Waals surface area contributed by atoms with Crippen LogP contribution in [-0.2, 0) is 16.1 Å². The Labute approximate surface area is 120 Å². The van der Waals surface area contributed by atoms with Crippen molar-refractivity contribution in [2.45, 2.75) is 53.1 Å². The van der Waals surface area contributed by atoms with Gasteiger partial charge in [0.05, 0.1) is 12.0 Å². The molecule has 0 radical (unpaired) electrons. The van der Waals surface area contributed by atoms with Gasteiger partial charge >= 0.3 is 0 Å². The van der Waals surface area contributed by atoms with Gasteiger partial charge < -0.3 is 15.2 Å². The number of hydrogen-bond acceptors (Lipinski definition) is 3. The molecule has 1 aromatic heterocycles. The molecule has 2 N–H and O–H groups in total. The van der Waals surface area contributed by atoms with Gasteiger partial charge in [0.15, 0.2) is 0 Å². The lowest BCUT2D eigenvalue weighted by Gasteiger charge is -2.17. The maximum absolute atomic E-state index is 12.0. The number of imidazole rings is 1. The fourth-order valence-electron chi connectivity index (χ4n) is 2.00. The molecule has 0 bridgehead atoms. The molecule has 1 atom stereocenters. The largest absolute Gasteiger partial charge is 0.353 e. The first kappa shape index (κ1) is 16.2. The van der Waals surface area contributed by atoms with Crippen LogP contribution in [0.5, 0.6) is 0 Å². The highest BCUT2D eigenvalue weighted by Gasteiger charge is 2.17. The summed E-state index contributed by atoms with van der Waals surface area (Å²) in [7, 11) is 0. The standard InChI is InChI=1S/C14H24N4O2/c1-5-6-13(17-12(4)19)14(20)15-7-8-18-9-16-10(2)11(18)3/h9,13H,5-8H2,1-4H3,(H,15,20)(H,17,19)/t13-/m0/s1. The van der Waals surface area contributed by atoms with Crippen LogP contribution in [0.4, 0.5) is 0 Å². The molecule has 2 amide bonds. The van der Waals surface area contributed by atoms with Gasteiger partial charge in [0.25, 0.3) is 0 Å². The molecular weight excluding hydrogens is 256 g/mol. The Morgan fingerprint density at radius 1 is 1.40 bits per heavy atom. The molecule has 6 heteroatoms. The van der Waals surface area contributed by atoms with E-state index in [-0.39, 0.29) is 11.8 Å². The van der Waals surface area contributed by atoms with Crippen LogP contribution in [0.1, 0.15) is 38.1 Å².